The summed E-state index contributed by atoms with van der Waals surface area (Å²) in [6, 6.07) is 0.385. The number of esters is 1. The van der Waals surface area contributed by atoms with Crippen molar-refractivity contribution in [3.63, 3.8) is 0 Å². The van der Waals surface area contributed by atoms with Gasteiger partial charge in [0, 0.05) is 6.42 Å². The Morgan fingerprint density at radius 2 is 2.21 bits per heavy atom. The predicted molar refractivity (Wildman–Crippen MR) is 69.5 cm³/mol. The number of carbonyl (C=O) groups is 3. The Kier molecular flexibility index (Phi) is 5.78. The Morgan fingerprint density at radius 3 is 2.68 bits per heavy atom. The lowest BCUT2D eigenvalue weighted by atomic mass is 10.1. The van der Waals surface area contributed by atoms with Crippen molar-refractivity contribution < 1.29 is 24.2 Å². The first-order valence-corrected chi connectivity index (χ1v) is 6.55. The third-order valence-electron chi connectivity index (χ3n) is 2.29. The van der Waals surface area contributed by atoms with Crippen molar-refractivity contribution in [2.75, 3.05) is 7.11 Å². The summed E-state index contributed by atoms with van der Waals surface area (Å²) in [5.41, 5.74) is 0. The second-order valence-corrected chi connectivity index (χ2v) is 4.90. The minimum Gasteiger partial charge on any atom is -0.480 e. The molecule has 0 unspecified atom stereocenters. The van der Waals surface area contributed by atoms with Crippen LogP contribution in [0.4, 0.5) is 0 Å². The normalized spacial score (nSPS) is 11.7. The van der Waals surface area contributed by atoms with Gasteiger partial charge in [0.15, 0.2) is 0 Å². The van der Waals surface area contributed by atoms with E-state index in [2.05, 4.69) is 10.1 Å². The Bertz CT molecular complexity index is 487. The predicted octanol–water partition coefficient (Wildman–Crippen LogP) is 1.54. The van der Waals surface area contributed by atoms with E-state index in [0.717, 1.165) is 11.3 Å². The minimum absolute atomic E-state index is 0.0449. The van der Waals surface area contributed by atoms with Gasteiger partial charge < -0.3 is 15.2 Å². The molecule has 0 bridgehead atoms. The number of hydrogen-bond donors (Lipinski definition) is 2. The topological polar surface area (TPSA) is 92.7 Å². The maximum absolute atomic E-state index is 11.8. The molecule has 1 aromatic heterocycles. The molecule has 19 heavy (non-hydrogen) atoms. The van der Waals surface area contributed by atoms with Crippen LogP contribution in [0.25, 0.3) is 0 Å². The van der Waals surface area contributed by atoms with E-state index in [9.17, 15) is 14.4 Å². The lowest BCUT2D eigenvalue weighted by Gasteiger charge is -2.13. The number of ether oxygens (including phenoxy) is 1. The van der Waals surface area contributed by atoms with Crippen molar-refractivity contribution in [3.8, 4) is 0 Å². The first kappa shape index (κ1) is 15.5. The fourth-order valence-electron chi connectivity index (χ4n) is 1.30. The molecule has 0 saturated heterocycles. The molecule has 0 aliphatic carbocycles. The molecular formula is C11H12ClNO5S. The molecule has 0 aromatic carbocycles. The average molecular weight is 306 g/mol. The van der Waals surface area contributed by atoms with Crippen LogP contribution in [0.2, 0.25) is 5.02 Å². The Labute approximate surface area is 118 Å². The van der Waals surface area contributed by atoms with Crippen LogP contribution >= 0.6 is 22.9 Å². The number of carbonyl (C=O) groups excluding carboxylic acids is 2. The highest BCUT2D eigenvalue weighted by atomic mass is 35.5. The van der Waals surface area contributed by atoms with E-state index in [1.807, 2.05) is 0 Å². The van der Waals surface area contributed by atoms with Gasteiger partial charge in [0.05, 0.1) is 12.1 Å². The molecule has 1 amide bonds. The highest BCUT2D eigenvalue weighted by Gasteiger charge is 2.23. The van der Waals surface area contributed by atoms with Crippen LogP contribution in [-0.4, -0.2) is 36.1 Å². The van der Waals surface area contributed by atoms with Gasteiger partial charge in [-0.2, -0.15) is 0 Å². The van der Waals surface area contributed by atoms with E-state index in [1.54, 1.807) is 11.4 Å². The van der Waals surface area contributed by atoms with Gasteiger partial charge in [-0.05, 0) is 17.9 Å². The number of carboxylic acid groups (broad SMARTS) is 1. The van der Waals surface area contributed by atoms with Crippen LogP contribution in [0.15, 0.2) is 11.4 Å². The van der Waals surface area contributed by atoms with Gasteiger partial charge in [0.2, 0.25) is 0 Å². The lowest BCUT2D eigenvalue weighted by molar-refractivity contribution is -0.142. The van der Waals surface area contributed by atoms with Crippen molar-refractivity contribution in [1.29, 1.82) is 0 Å². The van der Waals surface area contributed by atoms with Crippen molar-refractivity contribution in [2.45, 2.75) is 18.9 Å². The van der Waals surface area contributed by atoms with Gasteiger partial charge >= 0.3 is 11.9 Å². The largest absolute Gasteiger partial charge is 0.480 e. The summed E-state index contributed by atoms with van der Waals surface area (Å²) in [6.45, 7) is 0. The fourth-order valence-corrected chi connectivity index (χ4v) is 2.35. The number of nitrogens with one attached hydrogen (secondary N) is 1. The zero-order chi connectivity index (χ0) is 14.4. The number of halogens is 1. The third kappa shape index (κ3) is 4.53. The maximum Gasteiger partial charge on any atom is 0.326 e. The van der Waals surface area contributed by atoms with Gasteiger partial charge in [0.1, 0.15) is 10.9 Å². The molecule has 6 nitrogen and oxygen atoms in total. The minimum atomic E-state index is -1.22. The molecule has 104 valence electrons. The van der Waals surface area contributed by atoms with Crippen molar-refractivity contribution in [3.05, 3.63) is 21.3 Å². The summed E-state index contributed by atoms with van der Waals surface area (Å²) in [4.78, 5) is 34.0. The number of hydrogen-bond acceptors (Lipinski definition) is 5. The quantitative estimate of drug-likeness (QED) is 0.778. The van der Waals surface area contributed by atoms with E-state index < -0.39 is 23.9 Å². The number of amides is 1. The summed E-state index contributed by atoms with van der Waals surface area (Å²) in [5.74, 6) is -2.32. The van der Waals surface area contributed by atoms with Crippen LogP contribution in [0.5, 0.6) is 0 Å². The zero-order valence-electron chi connectivity index (χ0n) is 10.0. The zero-order valence-corrected chi connectivity index (χ0v) is 11.6. The molecule has 8 heteroatoms. The number of methoxy groups -OCH3 is 1. The molecule has 1 aromatic rings. The maximum atomic E-state index is 11.8. The Hall–Kier alpha value is -1.60. The molecule has 0 fully saturated rings. The highest BCUT2D eigenvalue weighted by molar-refractivity contribution is 7.12. The first-order valence-electron chi connectivity index (χ1n) is 5.29. The summed E-state index contributed by atoms with van der Waals surface area (Å²) >= 11 is 6.89. The summed E-state index contributed by atoms with van der Waals surface area (Å²) in [5, 5.41) is 13.2. The fraction of sp³-hybridized carbons (Fsp3) is 0.364. The number of thiophene rings is 1. The smallest absolute Gasteiger partial charge is 0.326 e. The Morgan fingerprint density at radius 1 is 1.53 bits per heavy atom. The van der Waals surface area contributed by atoms with Crippen LogP contribution in [-0.2, 0) is 14.3 Å². The number of carboxylic acids is 1. The molecule has 0 spiro atoms. The summed E-state index contributed by atoms with van der Waals surface area (Å²) in [7, 11) is 1.21. The van der Waals surface area contributed by atoms with Crippen LogP contribution < -0.4 is 5.32 Å². The van der Waals surface area contributed by atoms with Crippen LogP contribution in [0.3, 0.4) is 0 Å². The third-order valence-corrected chi connectivity index (χ3v) is 3.63. The molecule has 2 N–H and O–H groups in total. The molecule has 1 atom stereocenters. The van der Waals surface area contributed by atoms with Crippen molar-refractivity contribution in [2.24, 2.45) is 0 Å². The van der Waals surface area contributed by atoms with Gasteiger partial charge in [-0.15, -0.1) is 11.3 Å². The van der Waals surface area contributed by atoms with Crippen molar-refractivity contribution >= 4 is 40.8 Å². The SMILES string of the molecule is COC(=O)CC[C@@H](NC(=O)c1sccc1Cl)C(=O)O. The second kappa shape index (κ2) is 7.10. The Balaban J connectivity index is 2.64. The van der Waals surface area contributed by atoms with Crippen molar-refractivity contribution in [1.82, 2.24) is 5.32 Å². The van der Waals surface area contributed by atoms with Crippen LogP contribution in [0.1, 0.15) is 22.5 Å². The van der Waals surface area contributed by atoms with E-state index >= 15 is 0 Å². The highest BCUT2D eigenvalue weighted by Crippen LogP contribution is 2.21. The molecular weight excluding hydrogens is 294 g/mol. The van der Waals surface area contributed by atoms with E-state index in [-0.39, 0.29) is 22.7 Å². The first-order chi connectivity index (χ1) is 8.95. The van der Waals surface area contributed by atoms with Gasteiger partial charge in [0.25, 0.3) is 5.91 Å². The van der Waals surface area contributed by atoms with Gasteiger partial charge in [-0.1, -0.05) is 11.6 Å². The van der Waals surface area contributed by atoms with Gasteiger partial charge in [-0.25, -0.2) is 4.79 Å². The van der Waals surface area contributed by atoms with Crippen LogP contribution in [0, 0.1) is 0 Å². The molecule has 0 radical (unpaired) electrons. The summed E-state index contributed by atoms with van der Waals surface area (Å²) in [6.07, 6.45) is -0.136. The van der Waals surface area contributed by atoms with E-state index in [1.165, 1.54) is 7.11 Å². The lowest BCUT2D eigenvalue weighted by Crippen LogP contribution is -2.40. The second-order valence-electron chi connectivity index (χ2n) is 3.58. The molecule has 0 aliphatic rings. The number of aliphatic carboxylic acids is 1. The molecule has 1 rings (SSSR count). The summed E-state index contributed by atoms with van der Waals surface area (Å²) < 4.78 is 4.41. The molecule has 1 heterocycles. The monoisotopic (exact) mass is 305 g/mol. The molecule has 0 saturated carbocycles. The average Bonchev–Trinajstić information content (AvgIpc) is 2.79. The van der Waals surface area contributed by atoms with E-state index in [4.69, 9.17) is 16.7 Å². The molecule has 0 aliphatic heterocycles. The number of rotatable bonds is 6. The van der Waals surface area contributed by atoms with Gasteiger partial charge in [-0.3, -0.25) is 9.59 Å². The van der Waals surface area contributed by atoms with E-state index in [0.29, 0.717) is 0 Å². The standard InChI is InChI=1S/C11H12ClNO5S/c1-18-8(14)3-2-7(11(16)17)13-10(15)9-6(12)4-5-19-9/h4-5,7H,2-3H2,1H3,(H,13,15)(H,16,17)/t7-/m1/s1.